The first-order valence-corrected chi connectivity index (χ1v) is 6.53. The number of carbonyl (C=O) groups excluding carboxylic acids is 1. The second-order valence-electron chi connectivity index (χ2n) is 3.89. The van der Waals surface area contributed by atoms with Crippen LogP contribution in [0.5, 0.6) is 0 Å². The van der Waals surface area contributed by atoms with E-state index in [1.807, 2.05) is 33.9 Å². The number of carbonyl (C=O) groups is 1. The normalized spacial score (nSPS) is 10.7. The van der Waals surface area contributed by atoms with Gasteiger partial charge in [0.15, 0.2) is 5.53 Å². The third-order valence-electron chi connectivity index (χ3n) is 1.02. The second-order valence-corrected chi connectivity index (χ2v) is 6.73. The molecular formula is C7H17NOSiTi. The van der Waals surface area contributed by atoms with E-state index in [0.29, 0.717) is 0 Å². The molecule has 1 N–H and O–H groups in total. The Balaban J connectivity index is 0. The van der Waals surface area contributed by atoms with E-state index < -0.39 is 8.80 Å². The molecular weight excluding hydrogens is 190 g/mol. The molecule has 0 unspecified atom stereocenters. The van der Waals surface area contributed by atoms with E-state index in [2.05, 4.69) is 5.32 Å². The molecule has 64 valence electrons. The molecule has 0 aliphatic heterocycles. The summed E-state index contributed by atoms with van der Waals surface area (Å²) >= 11 is 0. The molecule has 0 saturated carbocycles. The average molecular weight is 207 g/mol. The van der Waals surface area contributed by atoms with Gasteiger partial charge in [-0.25, -0.2) is 0 Å². The van der Waals surface area contributed by atoms with Crippen molar-refractivity contribution in [3.8, 4) is 0 Å². The fourth-order valence-electron chi connectivity index (χ4n) is 0.514. The second kappa shape index (κ2) is 5.12. The minimum absolute atomic E-state index is 0. The fourth-order valence-corrected chi connectivity index (χ4v) is 1.24. The van der Waals surface area contributed by atoms with E-state index in [1.54, 1.807) is 0 Å². The summed E-state index contributed by atoms with van der Waals surface area (Å²) in [6, 6.07) is 0. The van der Waals surface area contributed by atoms with Crippen LogP contribution in [-0.2, 0) is 21.7 Å². The molecule has 0 aliphatic rings. The van der Waals surface area contributed by atoms with Crippen LogP contribution in [0.3, 0.4) is 0 Å². The van der Waals surface area contributed by atoms with Gasteiger partial charge in [0.1, 0.15) is 8.80 Å². The third kappa shape index (κ3) is 8.31. The summed E-state index contributed by atoms with van der Waals surface area (Å²) in [5.74, 6) is 0. The summed E-state index contributed by atoms with van der Waals surface area (Å²) in [4.78, 5) is 11.1. The van der Waals surface area contributed by atoms with E-state index in [-0.39, 0.29) is 32.8 Å². The molecule has 0 rings (SSSR count). The third-order valence-corrected chi connectivity index (χ3v) is 2.22. The summed E-state index contributed by atoms with van der Waals surface area (Å²) in [6.07, 6.45) is 0. The maximum absolute atomic E-state index is 11.1. The van der Waals surface area contributed by atoms with Crippen molar-refractivity contribution >= 4 is 14.3 Å². The minimum atomic E-state index is -1.11. The van der Waals surface area contributed by atoms with Gasteiger partial charge in [0, 0.05) is 27.3 Å². The zero-order valence-electron chi connectivity index (χ0n) is 7.99. The van der Waals surface area contributed by atoms with E-state index in [0.717, 1.165) is 0 Å². The topological polar surface area (TPSA) is 29.1 Å². The SMILES string of the molecule is C[SiH](C)C(=O)NC(C)(C)C.[Ti]. The van der Waals surface area contributed by atoms with Crippen LogP contribution in [0.4, 0.5) is 4.79 Å². The van der Waals surface area contributed by atoms with Crippen molar-refractivity contribution in [1.82, 2.24) is 5.32 Å². The molecule has 2 nitrogen and oxygen atoms in total. The van der Waals surface area contributed by atoms with Crippen molar-refractivity contribution in [3.05, 3.63) is 0 Å². The van der Waals surface area contributed by atoms with Gasteiger partial charge in [-0.15, -0.1) is 0 Å². The van der Waals surface area contributed by atoms with Crippen LogP contribution >= 0.6 is 0 Å². The Bertz CT molecular complexity index is 131. The molecule has 0 fully saturated rings. The zero-order valence-corrected chi connectivity index (χ0v) is 10.7. The van der Waals surface area contributed by atoms with Gasteiger partial charge in [0.25, 0.3) is 0 Å². The van der Waals surface area contributed by atoms with Crippen molar-refractivity contribution in [2.24, 2.45) is 0 Å². The van der Waals surface area contributed by atoms with E-state index in [4.69, 9.17) is 0 Å². The molecule has 0 radical (unpaired) electrons. The molecule has 0 aliphatic carbocycles. The molecule has 0 aromatic heterocycles. The van der Waals surface area contributed by atoms with Crippen LogP contribution in [0.15, 0.2) is 0 Å². The predicted molar refractivity (Wildman–Crippen MR) is 47.2 cm³/mol. The maximum Gasteiger partial charge on any atom is 0.188 e. The number of hydrogen-bond donors (Lipinski definition) is 1. The molecule has 0 aromatic rings. The van der Waals surface area contributed by atoms with Crippen LogP contribution in [-0.4, -0.2) is 19.9 Å². The summed E-state index contributed by atoms with van der Waals surface area (Å²) in [7, 11) is -1.11. The van der Waals surface area contributed by atoms with E-state index >= 15 is 0 Å². The Kier molecular flexibility index (Phi) is 6.49. The first kappa shape index (κ1) is 14.0. The van der Waals surface area contributed by atoms with Gasteiger partial charge in [-0.2, -0.15) is 0 Å². The monoisotopic (exact) mass is 207 g/mol. The van der Waals surface area contributed by atoms with Crippen molar-refractivity contribution in [2.45, 2.75) is 39.4 Å². The summed E-state index contributed by atoms with van der Waals surface area (Å²) in [6.45, 7) is 10.1. The van der Waals surface area contributed by atoms with Crippen molar-refractivity contribution in [1.29, 1.82) is 0 Å². The molecule has 0 saturated heterocycles. The minimum Gasteiger partial charge on any atom is -0.356 e. The van der Waals surface area contributed by atoms with Crippen LogP contribution in [0, 0.1) is 0 Å². The fraction of sp³-hybridized carbons (Fsp3) is 0.857. The Labute approximate surface area is 85.6 Å². The Morgan fingerprint density at radius 3 is 1.73 bits per heavy atom. The first-order chi connectivity index (χ1) is 4.33. The van der Waals surface area contributed by atoms with Gasteiger partial charge in [-0.3, -0.25) is 4.79 Å². The molecule has 11 heavy (non-hydrogen) atoms. The van der Waals surface area contributed by atoms with Gasteiger partial charge in [0.05, 0.1) is 0 Å². The van der Waals surface area contributed by atoms with Crippen LogP contribution in [0.2, 0.25) is 13.1 Å². The van der Waals surface area contributed by atoms with E-state index in [9.17, 15) is 4.79 Å². The zero-order chi connectivity index (χ0) is 8.36. The Morgan fingerprint density at radius 1 is 1.27 bits per heavy atom. The molecule has 0 bridgehead atoms. The van der Waals surface area contributed by atoms with Gasteiger partial charge in [-0.1, -0.05) is 13.1 Å². The van der Waals surface area contributed by atoms with Crippen LogP contribution in [0.1, 0.15) is 20.8 Å². The average Bonchev–Trinajstić information content (AvgIpc) is 1.60. The quantitative estimate of drug-likeness (QED) is 0.649. The largest absolute Gasteiger partial charge is 0.356 e. The number of amides is 1. The van der Waals surface area contributed by atoms with Gasteiger partial charge < -0.3 is 5.32 Å². The van der Waals surface area contributed by atoms with Gasteiger partial charge in [-0.05, 0) is 20.8 Å². The Morgan fingerprint density at radius 2 is 1.64 bits per heavy atom. The molecule has 0 atom stereocenters. The standard InChI is InChI=1S/C7H17NOSi.Ti/c1-7(2,3)8-6(9)10(4)5;/h10H,1-5H3,(H,8,9);. The van der Waals surface area contributed by atoms with E-state index in [1.165, 1.54) is 0 Å². The molecule has 0 spiro atoms. The molecule has 4 heteroatoms. The smallest absolute Gasteiger partial charge is 0.188 e. The molecule has 0 heterocycles. The number of rotatable bonds is 1. The van der Waals surface area contributed by atoms with Gasteiger partial charge in [0.2, 0.25) is 0 Å². The van der Waals surface area contributed by atoms with Crippen LogP contribution < -0.4 is 5.32 Å². The maximum atomic E-state index is 11.1. The van der Waals surface area contributed by atoms with Crippen LogP contribution in [0.25, 0.3) is 0 Å². The first-order valence-electron chi connectivity index (χ1n) is 3.65. The summed E-state index contributed by atoms with van der Waals surface area (Å²) in [5.41, 5.74) is 0.196. The molecule has 1 amide bonds. The van der Waals surface area contributed by atoms with Crippen molar-refractivity contribution in [2.75, 3.05) is 0 Å². The molecule has 0 aromatic carbocycles. The number of hydrogen-bond acceptors (Lipinski definition) is 1. The Hall–Kier alpha value is 0.401. The summed E-state index contributed by atoms with van der Waals surface area (Å²) < 4.78 is 0. The summed E-state index contributed by atoms with van der Waals surface area (Å²) in [5, 5.41) is 2.94. The van der Waals surface area contributed by atoms with Crippen molar-refractivity contribution in [3.63, 3.8) is 0 Å². The predicted octanol–water partition coefficient (Wildman–Crippen LogP) is 1.56. The number of nitrogens with one attached hydrogen (secondary N) is 1. The van der Waals surface area contributed by atoms with Crippen molar-refractivity contribution < 1.29 is 26.5 Å². The van der Waals surface area contributed by atoms with Gasteiger partial charge >= 0.3 is 0 Å².